The van der Waals surface area contributed by atoms with Gasteiger partial charge in [0.1, 0.15) is 0 Å². The first-order chi connectivity index (χ1) is 8.33. The lowest BCUT2D eigenvalue weighted by atomic mass is 10.1. The van der Waals surface area contributed by atoms with Gasteiger partial charge in [-0.2, -0.15) is 0 Å². The van der Waals surface area contributed by atoms with Crippen LogP contribution in [0.4, 0.5) is 0 Å². The predicted molar refractivity (Wildman–Crippen MR) is 67.5 cm³/mol. The minimum atomic E-state index is 0.483. The predicted octanol–water partition coefficient (Wildman–Crippen LogP) is 1.51. The van der Waals surface area contributed by atoms with Crippen LogP contribution in [-0.4, -0.2) is 30.2 Å². The molecule has 0 aliphatic carbocycles. The number of benzene rings is 1. The summed E-state index contributed by atoms with van der Waals surface area (Å²) in [6.07, 6.45) is 3.45. The highest BCUT2D eigenvalue weighted by Gasteiger charge is 2.33. The minimum absolute atomic E-state index is 0.483. The van der Waals surface area contributed by atoms with Crippen LogP contribution < -0.4 is 5.73 Å². The largest absolute Gasteiger partial charge is 0.372 e. The fourth-order valence-corrected chi connectivity index (χ4v) is 2.87. The lowest BCUT2D eigenvalue weighted by Gasteiger charge is -2.32. The summed E-state index contributed by atoms with van der Waals surface area (Å²) < 4.78 is 5.84. The second kappa shape index (κ2) is 4.77. The highest BCUT2D eigenvalue weighted by atomic mass is 16.5. The van der Waals surface area contributed by atoms with Crippen molar-refractivity contribution in [3.05, 3.63) is 35.4 Å². The van der Waals surface area contributed by atoms with Gasteiger partial charge in [0, 0.05) is 26.2 Å². The van der Waals surface area contributed by atoms with Gasteiger partial charge in [-0.15, -0.1) is 0 Å². The number of hydrogen-bond acceptors (Lipinski definition) is 3. The van der Waals surface area contributed by atoms with Crippen molar-refractivity contribution in [2.75, 3.05) is 13.1 Å². The van der Waals surface area contributed by atoms with Crippen molar-refractivity contribution in [3.63, 3.8) is 0 Å². The quantitative estimate of drug-likeness (QED) is 0.858. The van der Waals surface area contributed by atoms with E-state index in [9.17, 15) is 0 Å². The molecule has 2 N–H and O–H groups in total. The van der Waals surface area contributed by atoms with Gasteiger partial charge < -0.3 is 10.5 Å². The Morgan fingerprint density at radius 2 is 1.65 bits per heavy atom. The van der Waals surface area contributed by atoms with E-state index in [1.807, 2.05) is 0 Å². The zero-order valence-electron chi connectivity index (χ0n) is 10.1. The number of nitrogens with two attached hydrogens (primary N) is 1. The molecule has 2 aliphatic heterocycles. The van der Waals surface area contributed by atoms with Crippen molar-refractivity contribution >= 4 is 0 Å². The van der Waals surface area contributed by atoms with E-state index in [1.54, 1.807) is 0 Å². The van der Waals surface area contributed by atoms with E-state index in [4.69, 9.17) is 10.5 Å². The fraction of sp³-hybridized carbons (Fsp3) is 0.571. The smallest absolute Gasteiger partial charge is 0.0707 e. The van der Waals surface area contributed by atoms with Crippen LogP contribution >= 0.6 is 0 Å². The SMILES string of the molecule is NCc1ccc(CN2CC3CCC(C2)O3)cc1. The number of nitrogens with zero attached hydrogens (tertiary/aromatic N) is 1. The highest BCUT2D eigenvalue weighted by Crippen LogP contribution is 2.27. The summed E-state index contributed by atoms with van der Waals surface area (Å²) >= 11 is 0. The average Bonchev–Trinajstić information content (AvgIpc) is 2.70. The van der Waals surface area contributed by atoms with Crippen molar-refractivity contribution < 1.29 is 4.74 Å². The number of ether oxygens (including phenoxy) is 1. The van der Waals surface area contributed by atoms with Gasteiger partial charge in [0.05, 0.1) is 12.2 Å². The maximum absolute atomic E-state index is 5.84. The molecular weight excluding hydrogens is 212 g/mol. The molecule has 2 bridgehead atoms. The van der Waals surface area contributed by atoms with E-state index in [2.05, 4.69) is 29.2 Å². The van der Waals surface area contributed by atoms with Crippen LogP contribution in [-0.2, 0) is 17.8 Å². The van der Waals surface area contributed by atoms with Crippen LogP contribution in [0.1, 0.15) is 24.0 Å². The molecule has 1 aromatic rings. The van der Waals surface area contributed by atoms with Gasteiger partial charge in [-0.25, -0.2) is 0 Å². The molecule has 2 aliphatic rings. The van der Waals surface area contributed by atoms with E-state index in [0.717, 1.165) is 19.6 Å². The number of likely N-dealkylation sites (tertiary alicyclic amines) is 1. The van der Waals surface area contributed by atoms with E-state index in [1.165, 1.54) is 24.0 Å². The summed E-state index contributed by atoms with van der Waals surface area (Å²) in [5.41, 5.74) is 8.18. The topological polar surface area (TPSA) is 38.5 Å². The third-order valence-corrected chi connectivity index (χ3v) is 3.78. The summed E-state index contributed by atoms with van der Waals surface area (Å²) in [5.74, 6) is 0. The van der Waals surface area contributed by atoms with Gasteiger partial charge in [-0.1, -0.05) is 24.3 Å². The van der Waals surface area contributed by atoms with Crippen LogP contribution in [0.5, 0.6) is 0 Å². The second-order valence-electron chi connectivity index (χ2n) is 5.17. The third kappa shape index (κ3) is 2.51. The summed E-state index contributed by atoms with van der Waals surface area (Å²) in [6, 6.07) is 8.65. The molecule has 1 aromatic carbocycles. The van der Waals surface area contributed by atoms with Crippen molar-refractivity contribution in [2.24, 2.45) is 5.73 Å². The second-order valence-corrected chi connectivity index (χ2v) is 5.17. The fourth-order valence-electron chi connectivity index (χ4n) is 2.87. The van der Waals surface area contributed by atoms with Gasteiger partial charge in [0.15, 0.2) is 0 Å². The monoisotopic (exact) mass is 232 g/mol. The molecule has 3 heteroatoms. The number of fused-ring (bicyclic) bond motifs is 2. The highest BCUT2D eigenvalue weighted by molar-refractivity contribution is 5.22. The van der Waals surface area contributed by atoms with Crippen LogP contribution in [0, 0.1) is 0 Å². The average molecular weight is 232 g/mol. The van der Waals surface area contributed by atoms with Gasteiger partial charge in [0.2, 0.25) is 0 Å². The molecular formula is C14H20N2O. The van der Waals surface area contributed by atoms with Gasteiger partial charge >= 0.3 is 0 Å². The molecule has 0 radical (unpaired) electrons. The number of hydrogen-bond donors (Lipinski definition) is 1. The van der Waals surface area contributed by atoms with E-state index < -0.39 is 0 Å². The number of morpholine rings is 1. The maximum Gasteiger partial charge on any atom is 0.0707 e. The van der Waals surface area contributed by atoms with Gasteiger partial charge in [0.25, 0.3) is 0 Å². The van der Waals surface area contributed by atoms with Crippen molar-refractivity contribution in [3.8, 4) is 0 Å². The van der Waals surface area contributed by atoms with Gasteiger partial charge in [-0.3, -0.25) is 4.90 Å². The lowest BCUT2D eigenvalue weighted by molar-refractivity contribution is -0.0410. The molecule has 0 aromatic heterocycles. The Morgan fingerprint density at radius 1 is 1.06 bits per heavy atom. The molecule has 2 heterocycles. The summed E-state index contributed by atoms with van der Waals surface area (Å²) in [4.78, 5) is 2.52. The Balaban J connectivity index is 1.62. The van der Waals surface area contributed by atoms with E-state index >= 15 is 0 Å². The zero-order chi connectivity index (χ0) is 11.7. The summed E-state index contributed by atoms with van der Waals surface area (Å²) in [6.45, 7) is 3.85. The standard InChI is InChI=1S/C14H20N2O/c15-7-11-1-3-12(4-2-11)8-16-9-13-5-6-14(10-16)17-13/h1-4,13-14H,5-10,15H2. The molecule has 2 unspecified atom stereocenters. The first kappa shape index (κ1) is 11.2. The zero-order valence-corrected chi connectivity index (χ0v) is 10.1. The molecule has 0 amide bonds. The maximum atomic E-state index is 5.84. The van der Waals surface area contributed by atoms with Crippen molar-refractivity contribution in [1.82, 2.24) is 4.90 Å². The van der Waals surface area contributed by atoms with E-state index in [0.29, 0.717) is 18.8 Å². The molecule has 2 atom stereocenters. The Hall–Kier alpha value is -0.900. The minimum Gasteiger partial charge on any atom is -0.372 e. The van der Waals surface area contributed by atoms with Crippen LogP contribution in [0.25, 0.3) is 0 Å². The Bertz CT molecular complexity index is 364. The van der Waals surface area contributed by atoms with Crippen LogP contribution in [0.2, 0.25) is 0 Å². The van der Waals surface area contributed by atoms with E-state index in [-0.39, 0.29) is 0 Å². The Labute approximate surface area is 103 Å². The first-order valence-electron chi connectivity index (χ1n) is 6.49. The van der Waals surface area contributed by atoms with Crippen LogP contribution in [0.3, 0.4) is 0 Å². The summed E-state index contributed by atoms with van der Waals surface area (Å²) in [7, 11) is 0. The first-order valence-corrected chi connectivity index (χ1v) is 6.49. The molecule has 0 spiro atoms. The van der Waals surface area contributed by atoms with Crippen molar-refractivity contribution in [1.29, 1.82) is 0 Å². The Morgan fingerprint density at radius 3 is 2.24 bits per heavy atom. The molecule has 2 fully saturated rings. The molecule has 0 saturated carbocycles. The molecule has 92 valence electrons. The Kier molecular flexibility index (Phi) is 3.14. The normalized spacial score (nSPS) is 28.5. The van der Waals surface area contributed by atoms with Gasteiger partial charge in [-0.05, 0) is 24.0 Å². The third-order valence-electron chi connectivity index (χ3n) is 3.78. The summed E-state index contributed by atoms with van der Waals surface area (Å²) in [5, 5.41) is 0. The van der Waals surface area contributed by atoms with Crippen LogP contribution in [0.15, 0.2) is 24.3 Å². The van der Waals surface area contributed by atoms with Crippen molar-refractivity contribution in [2.45, 2.75) is 38.1 Å². The number of rotatable bonds is 3. The lowest BCUT2D eigenvalue weighted by Crippen LogP contribution is -2.41. The molecule has 3 nitrogen and oxygen atoms in total. The molecule has 2 saturated heterocycles. The molecule has 3 rings (SSSR count). The molecule has 17 heavy (non-hydrogen) atoms.